The van der Waals surface area contributed by atoms with Crippen molar-refractivity contribution in [3.05, 3.63) is 0 Å². The first kappa shape index (κ1) is 95.1. The van der Waals surface area contributed by atoms with E-state index in [1.807, 2.05) is 0 Å². The Bertz CT molecular complexity index is 1890. The fourth-order valence-electron chi connectivity index (χ4n) is 11.9. The molecule has 0 aromatic carbocycles. The van der Waals surface area contributed by atoms with Gasteiger partial charge in [0.25, 0.3) is 0 Å². The fourth-order valence-corrected chi connectivity index (χ4v) is 13.5. The average Bonchev–Trinajstić information content (AvgIpc) is 1.04. The van der Waals surface area contributed by atoms with Gasteiger partial charge in [-0.15, -0.1) is 0 Å². The van der Waals surface area contributed by atoms with Crippen LogP contribution in [0.15, 0.2) is 0 Å². The van der Waals surface area contributed by atoms with Crippen molar-refractivity contribution in [2.24, 2.45) is 17.8 Å². The van der Waals surface area contributed by atoms with Crippen LogP contribution < -0.4 is 0 Å². The van der Waals surface area contributed by atoms with Gasteiger partial charge in [-0.25, -0.2) is 9.13 Å². The molecule has 0 fully saturated rings. The number of phosphoric acid groups is 2. The third kappa shape index (κ3) is 70.9. The lowest BCUT2D eigenvalue weighted by Crippen LogP contribution is -2.30. The van der Waals surface area contributed by atoms with Gasteiger partial charge in [0.15, 0.2) is 12.2 Å². The summed E-state index contributed by atoms with van der Waals surface area (Å²) in [6.45, 7) is 11.9. The van der Waals surface area contributed by atoms with Crippen LogP contribution in [0.3, 0.4) is 0 Å². The molecule has 19 heteroatoms. The van der Waals surface area contributed by atoms with Gasteiger partial charge in [-0.3, -0.25) is 37.3 Å². The standard InChI is InChI=1S/C78H152O17P2/c1-8-10-11-12-13-14-15-16-17-18-19-20-21-22-23-26-33-38-47-54-61-77(82)94-73(65-88-75(80)59-52-45-37-32-27-24-25-30-35-42-49-56-69(3)4)67-92-96(84,85)90-63-72(79)64-91-97(86,87)93-68-74(66-89-76(81)60-53-46-41-40-43-50-57-70(5)6)95-78(83)62-55-48-39-34-29-28-31-36-44-51-58-71(7)9-2/h69-74,79H,8-68H2,1-7H3,(H,84,85)(H,86,87)/t71?,72-,73-,74-/m1/s1. The van der Waals surface area contributed by atoms with Gasteiger partial charge < -0.3 is 33.8 Å². The van der Waals surface area contributed by atoms with Crippen molar-refractivity contribution in [1.82, 2.24) is 0 Å². The summed E-state index contributed by atoms with van der Waals surface area (Å²) in [6, 6.07) is 0. The summed E-state index contributed by atoms with van der Waals surface area (Å²) < 4.78 is 68.6. The first-order valence-corrected chi connectivity index (χ1v) is 43.4. The van der Waals surface area contributed by atoms with Gasteiger partial charge in [-0.2, -0.15) is 0 Å². The Kier molecular flexibility index (Phi) is 67.1. The highest BCUT2D eigenvalue weighted by molar-refractivity contribution is 7.47. The smallest absolute Gasteiger partial charge is 0.462 e. The Balaban J connectivity index is 5.22. The molecule has 97 heavy (non-hydrogen) atoms. The van der Waals surface area contributed by atoms with Crippen LogP contribution in [0.1, 0.15) is 402 Å². The maximum atomic E-state index is 13.1. The maximum absolute atomic E-state index is 13.1. The van der Waals surface area contributed by atoms with Crippen LogP contribution in [0, 0.1) is 17.8 Å². The Morgan fingerprint density at radius 2 is 0.526 bits per heavy atom. The van der Waals surface area contributed by atoms with Gasteiger partial charge in [0.05, 0.1) is 26.4 Å². The number of hydrogen-bond acceptors (Lipinski definition) is 15. The number of ether oxygens (including phenoxy) is 4. The van der Waals surface area contributed by atoms with Gasteiger partial charge in [0, 0.05) is 25.7 Å². The quantitative estimate of drug-likeness (QED) is 0.0222. The molecule has 0 radical (unpaired) electrons. The number of hydrogen-bond donors (Lipinski definition) is 3. The minimum absolute atomic E-state index is 0.105. The summed E-state index contributed by atoms with van der Waals surface area (Å²) in [5.41, 5.74) is 0. The van der Waals surface area contributed by atoms with Crippen molar-refractivity contribution < 1.29 is 80.2 Å². The Morgan fingerprint density at radius 1 is 0.299 bits per heavy atom. The normalized spacial score (nSPS) is 14.3. The topological polar surface area (TPSA) is 237 Å². The van der Waals surface area contributed by atoms with E-state index in [2.05, 4.69) is 48.5 Å². The lowest BCUT2D eigenvalue weighted by molar-refractivity contribution is -0.161. The third-order valence-corrected chi connectivity index (χ3v) is 20.4. The van der Waals surface area contributed by atoms with Crippen LogP contribution >= 0.6 is 15.6 Å². The van der Waals surface area contributed by atoms with Crippen molar-refractivity contribution in [1.29, 1.82) is 0 Å². The first-order valence-electron chi connectivity index (χ1n) is 40.4. The molecule has 0 amide bonds. The van der Waals surface area contributed by atoms with E-state index in [1.54, 1.807) is 0 Å². The molecular formula is C78H152O17P2. The van der Waals surface area contributed by atoms with E-state index in [0.29, 0.717) is 31.6 Å². The second-order valence-electron chi connectivity index (χ2n) is 29.3. The van der Waals surface area contributed by atoms with Crippen LogP contribution in [-0.4, -0.2) is 96.7 Å². The fraction of sp³-hybridized carbons (Fsp3) is 0.949. The number of carbonyl (C=O) groups is 4. The molecule has 6 atom stereocenters. The summed E-state index contributed by atoms with van der Waals surface area (Å²) >= 11 is 0. The summed E-state index contributed by atoms with van der Waals surface area (Å²) in [7, 11) is -9.91. The van der Waals surface area contributed by atoms with Crippen molar-refractivity contribution in [3.63, 3.8) is 0 Å². The number of carbonyl (C=O) groups excluding carboxylic acids is 4. The molecule has 0 aliphatic heterocycles. The van der Waals surface area contributed by atoms with Crippen LogP contribution in [0.25, 0.3) is 0 Å². The van der Waals surface area contributed by atoms with Crippen molar-refractivity contribution in [3.8, 4) is 0 Å². The molecular weight excluding hydrogens is 1270 g/mol. The predicted octanol–water partition coefficient (Wildman–Crippen LogP) is 23.0. The Morgan fingerprint density at radius 3 is 0.784 bits per heavy atom. The molecule has 0 aromatic heterocycles. The molecule has 17 nitrogen and oxygen atoms in total. The van der Waals surface area contributed by atoms with E-state index >= 15 is 0 Å². The molecule has 0 bridgehead atoms. The van der Waals surface area contributed by atoms with Crippen molar-refractivity contribution in [2.45, 2.75) is 420 Å². The molecule has 0 heterocycles. The Hall–Kier alpha value is -1.94. The highest BCUT2D eigenvalue weighted by atomic mass is 31.2. The lowest BCUT2D eigenvalue weighted by atomic mass is 9.99. The summed E-state index contributed by atoms with van der Waals surface area (Å²) in [4.78, 5) is 72.9. The van der Waals surface area contributed by atoms with E-state index < -0.39 is 97.5 Å². The van der Waals surface area contributed by atoms with E-state index in [0.717, 1.165) is 108 Å². The molecule has 0 aliphatic carbocycles. The van der Waals surface area contributed by atoms with Crippen LogP contribution in [0.2, 0.25) is 0 Å². The number of unbranched alkanes of at least 4 members (excludes halogenated alkanes) is 43. The van der Waals surface area contributed by atoms with Gasteiger partial charge in [-0.1, -0.05) is 350 Å². The lowest BCUT2D eigenvalue weighted by Gasteiger charge is -2.21. The molecule has 0 spiro atoms. The number of phosphoric ester groups is 2. The molecule has 0 aromatic rings. The first-order chi connectivity index (χ1) is 46.8. The number of rotatable bonds is 76. The van der Waals surface area contributed by atoms with Crippen LogP contribution in [0.4, 0.5) is 0 Å². The molecule has 3 N–H and O–H groups in total. The summed E-state index contributed by atoms with van der Waals surface area (Å²) in [6.07, 6.45) is 55.7. The van der Waals surface area contributed by atoms with Crippen LogP contribution in [0.5, 0.6) is 0 Å². The maximum Gasteiger partial charge on any atom is 0.472 e. The minimum Gasteiger partial charge on any atom is -0.462 e. The van der Waals surface area contributed by atoms with Gasteiger partial charge >= 0.3 is 39.5 Å². The molecule has 3 unspecified atom stereocenters. The second kappa shape index (κ2) is 68.5. The van der Waals surface area contributed by atoms with E-state index in [1.165, 1.54) is 205 Å². The number of aliphatic hydroxyl groups is 1. The monoisotopic (exact) mass is 1420 g/mol. The highest BCUT2D eigenvalue weighted by Gasteiger charge is 2.30. The molecule has 0 aliphatic rings. The minimum atomic E-state index is -4.96. The van der Waals surface area contributed by atoms with Gasteiger partial charge in [-0.05, 0) is 43.4 Å². The van der Waals surface area contributed by atoms with Gasteiger partial charge in [0.2, 0.25) is 0 Å². The van der Waals surface area contributed by atoms with E-state index in [-0.39, 0.29) is 25.7 Å². The Labute approximate surface area is 594 Å². The zero-order valence-corrected chi connectivity index (χ0v) is 65.3. The predicted molar refractivity (Wildman–Crippen MR) is 395 cm³/mol. The molecule has 0 rings (SSSR count). The van der Waals surface area contributed by atoms with E-state index in [9.17, 15) is 43.2 Å². The summed E-state index contributed by atoms with van der Waals surface area (Å²) in [5, 5.41) is 10.6. The molecule has 576 valence electrons. The third-order valence-electron chi connectivity index (χ3n) is 18.5. The van der Waals surface area contributed by atoms with Gasteiger partial charge in [0.1, 0.15) is 19.3 Å². The largest absolute Gasteiger partial charge is 0.472 e. The number of esters is 4. The van der Waals surface area contributed by atoms with Crippen molar-refractivity contribution in [2.75, 3.05) is 39.6 Å². The van der Waals surface area contributed by atoms with Crippen molar-refractivity contribution >= 4 is 39.5 Å². The summed E-state index contributed by atoms with van der Waals surface area (Å²) in [5.74, 6) is 0.135. The molecule has 0 saturated carbocycles. The number of aliphatic hydroxyl groups excluding tert-OH is 1. The van der Waals surface area contributed by atoms with E-state index in [4.69, 9.17) is 37.0 Å². The second-order valence-corrected chi connectivity index (χ2v) is 32.2. The average molecular weight is 1420 g/mol. The van der Waals surface area contributed by atoms with Crippen LogP contribution in [-0.2, 0) is 65.4 Å². The zero-order valence-electron chi connectivity index (χ0n) is 63.5. The SMILES string of the molecule is CCCCCCCCCCCCCCCCCCCCCCC(=O)O[C@H](COC(=O)CCCCCCCCCCCCCC(C)C)COP(=O)(O)OC[C@@H](O)COP(=O)(O)OC[C@@H](COC(=O)CCCCCCCCC(C)C)OC(=O)CCCCCCCCCCCCC(C)CC. The zero-order chi connectivity index (χ0) is 71.6. The highest BCUT2D eigenvalue weighted by Crippen LogP contribution is 2.45. The molecule has 0 saturated heterocycles.